The summed E-state index contributed by atoms with van der Waals surface area (Å²) in [6, 6.07) is 3.81. The van der Waals surface area contributed by atoms with Gasteiger partial charge in [0.15, 0.2) is 0 Å². The van der Waals surface area contributed by atoms with Gasteiger partial charge < -0.3 is 10.6 Å². The van der Waals surface area contributed by atoms with E-state index in [1.807, 2.05) is 6.92 Å². The largest absolute Gasteiger partial charge is 0.418 e. The van der Waals surface area contributed by atoms with Gasteiger partial charge in [0.05, 0.1) is 17.3 Å². The van der Waals surface area contributed by atoms with Gasteiger partial charge in [-0.15, -0.1) is 0 Å². The van der Waals surface area contributed by atoms with Crippen LogP contribution in [0.3, 0.4) is 0 Å². The number of aromatic nitrogens is 3. The zero-order valence-corrected chi connectivity index (χ0v) is 13.5. The zero-order valence-electron chi connectivity index (χ0n) is 13.5. The van der Waals surface area contributed by atoms with E-state index >= 15 is 0 Å². The third-order valence-corrected chi connectivity index (χ3v) is 4.08. The van der Waals surface area contributed by atoms with Gasteiger partial charge in [0.2, 0.25) is 0 Å². The van der Waals surface area contributed by atoms with Gasteiger partial charge in [0, 0.05) is 6.54 Å². The van der Waals surface area contributed by atoms with Gasteiger partial charge in [-0.25, -0.2) is 14.5 Å². The molecular formula is C16H18F3N5O. The number of nitrogens with one attached hydrogen (secondary N) is 2. The number of anilines is 1. The molecule has 1 saturated carbocycles. The van der Waals surface area contributed by atoms with Gasteiger partial charge in [-0.2, -0.15) is 18.3 Å². The summed E-state index contributed by atoms with van der Waals surface area (Å²) in [6.45, 7) is 2.50. The maximum atomic E-state index is 13.0. The van der Waals surface area contributed by atoms with Gasteiger partial charge >= 0.3 is 12.2 Å². The molecule has 2 amide bonds. The van der Waals surface area contributed by atoms with Crippen LogP contribution in [-0.4, -0.2) is 20.8 Å². The van der Waals surface area contributed by atoms with E-state index in [4.69, 9.17) is 0 Å². The SMILES string of the molecule is CCn1ncnc1[C@@H](NC(=O)Nc1ccccc1C(F)(F)F)C1CC1. The molecule has 0 unspecified atom stereocenters. The highest BCUT2D eigenvalue weighted by atomic mass is 19.4. The van der Waals surface area contributed by atoms with Crippen LogP contribution in [0.1, 0.15) is 37.2 Å². The van der Waals surface area contributed by atoms with Crippen LogP contribution < -0.4 is 10.6 Å². The molecule has 1 aliphatic carbocycles. The molecule has 1 aromatic carbocycles. The summed E-state index contributed by atoms with van der Waals surface area (Å²) in [5.74, 6) is 0.836. The highest BCUT2D eigenvalue weighted by molar-refractivity contribution is 5.90. The van der Waals surface area contributed by atoms with Crippen molar-refractivity contribution in [2.24, 2.45) is 5.92 Å². The Hall–Kier alpha value is -2.58. The molecule has 0 bridgehead atoms. The first kappa shape index (κ1) is 17.2. The number of carbonyl (C=O) groups excluding carboxylic acids is 1. The molecule has 1 aliphatic rings. The maximum Gasteiger partial charge on any atom is 0.418 e. The van der Waals surface area contributed by atoms with E-state index in [-0.39, 0.29) is 17.6 Å². The maximum absolute atomic E-state index is 13.0. The Kier molecular flexibility index (Phi) is 4.65. The fraction of sp³-hybridized carbons (Fsp3) is 0.438. The lowest BCUT2D eigenvalue weighted by molar-refractivity contribution is -0.136. The van der Waals surface area contributed by atoms with Crippen molar-refractivity contribution in [3.63, 3.8) is 0 Å². The lowest BCUT2D eigenvalue weighted by Crippen LogP contribution is -2.35. The predicted octanol–water partition coefficient (Wildman–Crippen LogP) is 3.59. The first-order valence-electron chi connectivity index (χ1n) is 8.01. The van der Waals surface area contributed by atoms with Crippen molar-refractivity contribution in [2.75, 3.05) is 5.32 Å². The Morgan fingerprint density at radius 2 is 2.08 bits per heavy atom. The first-order valence-corrected chi connectivity index (χ1v) is 8.01. The molecule has 2 N–H and O–H groups in total. The summed E-state index contributed by atoms with van der Waals surface area (Å²) < 4.78 is 40.8. The summed E-state index contributed by atoms with van der Waals surface area (Å²) in [5.41, 5.74) is -1.16. The predicted molar refractivity (Wildman–Crippen MR) is 84.8 cm³/mol. The second-order valence-corrected chi connectivity index (χ2v) is 5.89. The lowest BCUT2D eigenvalue weighted by atomic mass is 10.1. The normalized spacial score (nSPS) is 15.7. The van der Waals surface area contributed by atoms with E-state index in [1.54, 1.807) is 4.68 Å². The number of halogens is 3. The van der Waals surface area contributed by atoms with E-state index in [0.717, 1.165) is 18.9 Å². The van der Waals surface area contributed by atoms with E-state index in [9.17, 15) is 18.0 Å². The van der Waals surface area contributed by atoms with Crippen LogP contribution in [0, 0.1) is 5.92 Å². The highest BCUT2D eigenvalue weighted by Gasteiger charge is 2.37. The van der Waals surface area contributed by atoms with Gasteiger partial charge in [-0.3, -0.25) is 0 Å². The minimum absolute atomic E-state index is 0.220. The number of hydrogen-bond donors (Lipinski definition) is 2. The van der Waals surface area contributed by atoms with Gasteiger partial charge in [-0.1, -0.05) is 12.1 Å². The van der Waals surface area contributed by atoms with Crippen molar-refractivity contribution < 1.29 is 18.0 Å². The second-order valence-electron chi connectivity index (χ2n) is 5.89. The number of para-hydroxylation sites is 1. The molecule has 6 nitrogen and oxygen atoms in total. The number of aryl methyl sites for hydroxylation is 1. The van der Waals surface area contributed by atoms with E-state index in [1.165, 1.54) is 24.5 Å². The number of hydrogen-bond acceptors (Lipinski definition) is 3. The minimum Gasteiger partial charge on any atom is -0.328 e. The zero-order chi connectivity index (χ0) is 18.0. The number of amides is 2. The molecule has 25 heavy (non-hydrogen) atoms. The molecule has 0 aliphatic heterocycles. The molecule has 1 atom stereocenters. The molecule has 1 fully saturated rings. The Morgan fingerprint density at radius 1 is 1.36 bits per heavy atom. The molecule has 9 heteroatoms. The topological polar surface area (TPSA) is 71.8 Å². The fourth-order valence-electron chi connectivity index (χ4n) is 2.72. The molecule has 2 aromatic rings. The minimum atomic E-state index is -4.54. The van der Waals surface area contributed by atoms with E-state index in [2.05, 4.69) is 20.7 Å². The van der Waals surface area contributed by atoms with Gasteiger partial charge in [0.1, 0.15) is 12.2 Å². The summed E-state index contributed by atoms with van der Waals surface area (Å²) >= 11 is 0. The van der Waals surface area contributed by atoms with Crippen molar-refractivity contribution in [1.82, 2.24) is 20.1 Å². The number of alkyl halides is 3. The van der Waals surface area contributed by atoms with Crippen LogP contribution in [-0.2, 0) is 12.7 Å². The number of benzene rings is 1. The quantitative estimate of drug-likeness (QED) is 0.863. The molecule has 0 saturated heterocycles. The molecule has 1 heterocycles. The summed E-state index contributed by atoms with van der Waals surface area (Å²) in [7, 11) is 0. The second kappa shape index (κ2) is 6.73. The Labute approximate surface area is 142 Å². The smallest absolute Gasteiger partial charge is 0.328 e. The third-order valence-electron chi connectivity index (χ3n) is 4.08. The van der Waals surface area contributed by atoms with Crippen molar-refractivity contribution in [3.05, 3.63) is 42.0 Å². The molecule has 3 rings (SSSR count). The first-order chi connectivity index (χ1) is 11.9. The number of carbonyl (C=O) groups is 1. The molecular weight excluding hydrogens is 335 g/mol. The van der Waals surface area contributed by atoms with Crippen molar-refractivity contribution in [2.45, 2.75) is 38.5 Å². The summed E-state index contributed by atoms with van der Waals surface area (Å²) in [5, 5.41) is 9.13. The van der Waals surface area contributed by atoms with Gasteiger partial charge in [-0.05, 0) is 37.8 Å². The summed E-state index contributed by atoms with van der Waals surface area (Å²) in [6.07, 6.45) is -1.27. The van der Waals surface area contributed by atoms with Crippen molar-refractivity contribution >= 4 is 11.7 Å². The highest BCUT2D eigenvalue weighted by Crippen LogP contribution is 2.40. The van der Waals surface area contributed by atoms with Crippen LogP contribution in [0.4, 0.5) is 23.7 Å². The Balaban J connectivity index is 1.76. The third kappa shape index (κ3) is 3.92. The van der Waals surface area contributed by atoms with Gasteiger partial charge in [0.25, 0.3) is 0 Å². The van der Waals surface area contributed by atoms with Crippen LogP contribution >= 0.6 is 0 Å². The molecule has 0 radical (unpaired) electrons. The number of nitrogens with zero attached hydrogens (tertiary/aromatic N) is 3. The van der Waals surface area contributed by atoms with Crippen LogP contribution in [0.2, 0.25) is 0 Å². The average molecular weight is 353 g/mol. The van der Waals surface area contributed by atoms with Crippen LogP contribution in [0.15, 0.2) is 30.6 Å². The monoisotopic (exact) mass is 353 g/mol. The van der Waals surface area contributed by atoms with Crippen LogP contribution in [0.5, 0.6) is 0 Å². The Bertz CT molecular complexity index is 754. The Morgan fingerprint density at radius 3 is 2.72 bits per heavy atom. The molecule has 0 spiro atoms. The summed E-state index contributed by atoms with van der Waals surface area (Å²) in [4.78, 5) is 16.5. The van der Waals surface area contributed by atoms with Crippen LogP contribution in [0.25, 0.3) is 0 Å². The van der Waals surface area contributed by atoms with E-state index < -0.39 is 17.8 Å². The standard InChI is InChI=1S/C16H18F3N5O/c1-2-24-14(20-9-21-24)13(10-7-8-10)23-15(25)22-12-6-4-3-5-11(12)16(17,18)19/h3-6,9-10,13H,2,7-8H2,1H3,(H2,22,23,25)/t13-/m0/s1. The lowest BCUT2D eigenvalue weighted by Gasteiger charge is -2.19. The molecule has 134 valence electrons. The molecule has 1 aromatic heterocycles. The van der Waals surface area contributed by atoms with Crippen molar-refractivity contribution in [3.8, 4) is 0 Å². The fourth-order valence-corrected chi connectivity index (χ4v) is 2.72. The number of rotatable bonds is 5. The van der Waals surface area contributed by atoms with E-state index in [0.29, 0.717) is 12.4 Å². The number of urea groups is 1. The van der Waals surface area contributed by atoms with Crippen molar-refractivity contribution in [1.29, 1.82) is 0 Å². The average Bonchev–Trinajstić information content (AvgIpc) is 3.29.